The number of aryl methyl sites for hydroxylation is 1. The van der Waals surface area contributed by atoms with E-state index in [2.05, 4.69) is 18.2 Å². The molecule has 1 aliphatic rings. The topological polar surface area (TPSA) is 53.1 Å². The second kappa shape index (κ2) is 4.11. The maximum atomic E-state index is 5.69. The molecule has 0 aromatic carbocycles. The maximum absolute atomic E-state index is 5.69. The standard InChI is InChI=1S/C10H17N3O/c1-2-13-7-9(6-12-13)10-8(5-11)3-4-14-10/h6-8,10H,2-5,11H2,1H3/t8-,10+/m0/s1. The van der Waals surface area contributed by atoms with Crippen LogP contribution in [0.2, 0.25) is 0 Å². The van der Waals surface area contributed by atoms with Gasteiger partial charge in [0.25, 0.3) is 0 Å². The molecular weight excluding hydrogens is 178 g/mol. The molecule has 2 N–H and O–H groups in total. The third kappa shape index (κ3) is 1.67. The predicted molar refractivity (Wildman–Crippen MR) is 53.8 cm³/mol. The molecule has 1 saturated heterocycles. The van der Waals surface area contributed by atoms with E-state index in [0.717, 1.165) is 19.6 Å². The van der Waals surface area contributed by atoms with Gasteiger partial charge in [0.1, 0.15) is 0 Å². The van der Waals surface area contributed by atoms with Gasteiger partial charge in [0, 0.05) is 30.8 Å². The highest BCUT2D eigenvalue weighted by Crippen LogP contribution is 2.33. The zero-order valence-electron chi connectivity index (χ0n) is 8.52. The van der Waals surface area contributed by atoms with Crippen molar-refractivity contribution in [1.29, 1.82) is 0 Å². The molecule has 0 radical (unpaired) electrons. The molecule has 0 bridgehead atoms. The summed E-state index contributed by atoms with van der Waals surface area (Å²) in [6.45, 7) is 4.50. The van der Waals surface area contributed by atoms with Crippen LogP contribution in [0.15, 0.2) is 12.4 Å². The lowest BCUT2D eigenvalue weighted by Gasteiger charge is -2.14. The first kappa shape index (κ1) is 9.68. The van der Waals surface area contributed by atoms with Gasteiger partial charge in [-0.3, -0.25) is 4.68 Å². The fraction of sp³-hybridized carbons (Fsp3) is 0.700. The zero-order chi connectivity index (χ0) is 9.97. The summed E-state index contributed by atoms with van der Waals surface area (Å²) in [5, 5.41) is 4.24. The molecule has 1 aromatic heterocycles. The molecule has 0 amide bonds. The van der Waals surface area contributed by atoms with E-state index >= 15 is 0 Å². The van der Waals surface area contributed by atoms with Crippen LogP contribution >= 0.6 is 0 Å². The van der Waals surface area contributed by atoms with Crippen LogP contribution in [0, 0.1) is 5.92 Å². The molecule has 0 unspecified atom stereocenters. The molecule has 1 fully saturated rings. The minimum Gasteiger partial charge on any atom is -0.373 e. The minimum absolute atomic E-state index is 0.167. The molecule has 1 aliphatic heterocycles. The first-order chi connectivity index (χ1) is 6.85. The summed E-state index contributed by atoms with van der Waals surface area (Å²) in [7, 11) is 0. The van der Waals surface area contributed by atoms with Gasteiger partial charge >= 0.3 is 0 Å². The Hall–Kier alpha value is -0.870. The zero-order valence-corrected chi connectivity index (χ0v) is 8.52. The van der Waals surface area contributed by atoms with Crippen LogP contribution in [0.1, 0.15) is 25.0 Å². The molecule has 4 heteroatoms. The Balaban J connectivity index is 2.13. The van der Waals surface area contributed by atoms with Crippen molar-refractivity contribution in [3.05, 3.63) is 18.0 Å². The Bertz CT molecular complexity index is 297. The van der Waals surface area contributed by atoms with Crippen molar-refractivity contribution < 1.29 is 4.74 Å². The highest BCUT2D eigenvalue weighted by atomic mass is 16.5. The highest BCUT2D eigenvalue weighted by Gasteiger charge is 2.29. The molecule has 1 aromatic rings. The maximum Gasteiger partial charge on any atom is 0.0896 e. The third-order valence-electron chi connectivity index (χ3n) is 2.82. The van der Waals surface area contributed by atoms with E-state index in [9.17, 15) is 0 Å². The number of hydrogen-bond acceptors (Lipinski definition) is 3. The molecule has 14 heavy (non-hydrogen) atoms. The van der Waals surface area contributed by atoms with Crippen LogP contribution in [0.4, 0.5) is 0 Å². The van der Waals surface area contributed by atoms with E-state index in [1.165, 1.54) is 5.56 Å². The summed E-state index contributed by atoms with van der Waals surface area (Å²) < 4.78 is 7.59. The number of nitrogens with zero attached hydrogens (tertiary/aromatic N) is 2. The van der Waals surface area contributed by atoms with E-state index in [1.54, 1.807) is 0 Å². The molecule has 0 aliphatic carbocycles. The van der Waals surface area contributed by atoms with Crippen LogP contribution in [0.3, 0.4) is 0 Å². The molecule has 2 atom stereocenters. The first-order valence-corrected chi connectivity index (χ1v) is 5.19. The fourth-order valence-corrected chi connectivity index (χ4v) is 1.94. The van der Waals surface area contributed by atoms with E-state index in [0.29, 0.717) is 12.5 Å². The van der Waals surface area contributed by atoms with Crippen molar-refractivity contribution in [2.24, 2.45) is 11.7 Å². The summed E-state index contributed by atoms with van der Waals surface area (Å²) >= 11 is 0. The van der Waals surface area contributed by atoms with Gasteiger partial charge in [-0.05, 0) is 19.9 Å². The lowest BCUT2D eigenvalue weighted by Crippen LogP contribution is -2.17. The average Bonchev–Trinajstić information content (AvgIpc) is 2.85. The van der Waals surface area contributed by atoms with E-state index < -0.39 is 0 Å². The van der Waals surface area contributed by atoms with Crippen molar-refractivity contribution in [1.82, 2.24) is 9.78 Å². The molecule has 2 rings (SSSR count). The van der Waals surface area contributed by atoms with Crippen molar-refractivity contribution in [3.63, 3.8) is 0 Å². The Kier molecular flexibility index (Phi) is 2.84. The first-order valence-electron chi connectivity index (χ1n) is 5.19. The summed E-state index contributed by atoms with van der Waals surface area (Å²) in [5.74, 6) is 0.463. The predicted octanol–water partition coefficient (Wildman–Crippen LogP) is 0.939. The van der Waals surface area contributed by atoms with Gasteiger partial charge in [-0.25, -0.2) is 0 Å². The minimum atomic E-state index is 0.167. The Morgan fingerprint density at radius 2 is 2.57 bits per heavy atom. The monoisotopic (exact) mass is 195 g/mol. The van der Waals surface area contributed by atoms with Crippen molar-refractivity contribution >= 4 is 0 Å². The second-order valence-corrected chi connectivity index (χ2v) is 3.71. The largest absolute Gasteiger partial charge is 0.373 e. The molecule has 4 nitrogen and oxygen atoms in total. The van der Waals surface area contributed by atoms with Gasteiger partial charge in [0.05, 0.1) is 12.3 Å². The second-order valence-electron chi connectivity index (χ2n) is 3.71. The van der Waals surface area contributed by atoms with Crippen LogP contribution in [-0.4, -0.2) is 22.9 Å². The fourth-order valence-electron chi connectivity index (χ4n) is 1.94. The quantitative estimate of drug-likeness (QED) is 0.781. The van der Waals surface area contributed by atoms with Crippen molar-refractivity contribution in [3.8, 4) is 0 Å². The van der Waals surface area contributed by atoms with E-state index in [-0.39, 0.29) is 6.10 Å². The van der Waals surface area contributed by atoms with Crippen LogP contribution in [0.25, 0.3) is 0 Å². The number of ether oxygens (including phenoxy) is 1. The average molecular weight is 195 g/mol. The van der Waals surface area contributed by atoms with Crippen molar-refractivity contribution in [2.75, 3.05) is 13.2 Å². The molecular formula is C10H17N3O. The van der Waals surface area contributed by atoms with E-state index in [1.807, 2.05) is 10.9 Å². The number of rotatable bonds is 3. The summed E-state index contributed by atoms with van der Waals surface area (Å²) in [6.07, 6.45) is 5.18. The lowest BCUT2D eigenvalue weighted by atomic mass is 9.98. The summed E-state index contributed by atoms with van der Waals surface area (Å²) in [4.78, 5) is 0. The molecule has 0 saturated carbocycles. The smallest absolute Gasteiger partial charge is 0.0896 e. The van der Waals surface area contributed by atoms with Crippen LogP contribution in [-0.2, 0) is 11.3 Å². The molecule has 2 heterocycles. The van der Waals surface area contributed by atoms with Gasteiger partial charge in [-0.15, -0.1) is 0 Å². The third-order valence-corrected chi connectivity index (χ3v) is 2.82. The van der Waals surface area contributed by atoms with Crippen molar-refractivity contribution in [2.45, 2.75) is 26.0 Å². The number of hydrogen-bond donors (Lipinski definition) is 1. The number of nitrogens with two attached hydrogens (primary N) is 1. The van der Waals surface area contributed by atoms with Gasteiger partial charge in [0.15, 0.2) is 0 Å². The Morgan fingerprint density at radius 3 is 3.21 bits per heavy atom. The lowest BCUT2D eigenvalue weighted by molar-refractivity contribution is 0.0924. The van der Waals surface area contributed by atoms with Crippen LogP contribution in [0.5, 0.6) is 0 Å². The van der Waals surface area contributed by atoms with Crippen LogP contribution < -0.4 is 5.73 Å². The summed E-state index contributed by atoms with van der Waals surface area (Å²) in [6, 6.07) is 0. The van der Waals surface area contributed by atoms with E-state index in [4.69, 9.17) is 10.5 Å². The van der Waals surface area contributed by atoms with Gasteiger partial charge < -0.3 is 10.5 Å². The Labute approximate surface area is 84.0 Å². The normalized spacial score (nSPS) is 27.0. The SMILES string of the molecule is CCn1cc([C@@H]2OCC[C@H]2CN)cn1. The number of aromatic nitrogens is 2. The Morgan fingerprint density at radius 1 is 1.71 bits per heavy atom. The van der Waals surface area contributed by atoms with Gasteiger partial charge in [-0.1, -0.05) is 0 Å². The van der Waals surface area contributed by atoms with Gasteiger partial charge in [0.2, 0.25) is 0 Å². The van der Waals surface area contributed by atoms with Gasteiger partial charge in [-0.2, -0.15) is 5.10 Å². The molecule has 78 valence electrons. The summed E-state index contributed by atoms with van der Waals surface area (Å²) in [5.41, 5.74) is 6.86. The highest BCUT2D eigenvalue weighted by molar-refractivity contribution is 5.11. The molecule has 0 spiro atoms.